The lowest BCUT2D eigenvalue weighted by molar-refractivity contribution is -0.153. The molecule has 12 heteroatoms. The second-order valence-corrected chi connectivity index (χ2v) is 12.0. The smallest absolute Gasteiger partial charge is 0.412 e. The van der Waals surface area contributed by atoms with Crippen molar-refractivity contribution in [1.29, 1.82) is 0 Å². The van der Waals surface area contributed by atoms with Gasteiger partial charge in [0, 0.05) is 35.1 Å². The van der Waals surface area contributed by atoms with Gasteiger partial charge in [-0.1, -0.05) is 23.2 Å². The molecule has 1 atom stereocenters. The van der Waals surface area contributed by atoms with Crippen molar-refractivity contribution in [2.75, 3.05) is 13.3 Å². The van der Waals surface area contributed by atoms with E-state index in [0.717, 1.165) is 0 Å². The number of hydrogen-bond acceptors (Lipinski definition) is 5. The number of benzene rings is 1. The van der Waals surface area contributed by atoms with Crippen molar-refractivity contribution in [1.82, 2.24) is 5.32 Å². The van der Waals surface area contributed by atoms with E-state index in [-0.39, 0.29) is 53.4 Å². The molecule has 5 nitrogen and oxygen atoms in total. The molecular weight excluding hydrogens is 485 g/mol. The van der Waals surface area contributed by atoms with Gasteiger partial charge in [0.15, 0.2) is 6.61 Å². The van der Waals surface area contributed by atoms with Crippen molar-refractivity contribution in [2.45, 2.75) is 37.4 Å². The van der Waals surface area contributed by atoms with E-state index < -0.39 is 30.7 Å². The van der Waals surface area contributed by atoms with E-state index >= 15 is 0 Å². The Bertz CT molecular complexity index is 973. The van der Waals surface area contributed by atoms with Gasteiger partial charge in [0.25, 0.3) is 5.91 Å². The van der Waals surface area contributed by atoms with E-state index in [1.54, 1.807) is 0 Å². The van der Waals surface area contributed by atoms with Crippen LogP contribution < -0.4 is 5.32 Å². The molecule has 1 spiro atoms. The second-order valence-electron chi connectivity index (χ2n) is 7.15. The Labute approximate surface area is 186 Å². The maximum Gasteiger partial charge on any atom is 0.412 e. The summed E-state index contributed by atoms with van der Waals surface area (Å²) in [5.41, 5.74) is -0.784. The Morgan fingerprint density at radius 3 is 2.47 bits per heavy atom. The molecule has 0 bridgehead atoms. The summed E-state index contributed by atoms with van der Waals surface area (Å²) in [6, 6.07) is 4.49. The van der Waals surface area contributed by atoms with E-state index in [2.05, 4.69) is 5.32 Å². The Kier molecular flexibility index (Phi) is 6.62. The molecule has 30 heavy (non-hydrogen) atoms. The lowest BCUT2D eigenvalue weighted by Gasteiger charge is -2.36. The number of Topliss-reactive ketones (excluding diaryl/α,β-unsaturated/α-hetero) is 1. The molecule has 0 radical (unpaired) electrons. The fourth-order valence-corrected chi connectivity index (χ4v) is 5.23. The Balaban J connectivity index is 2.09. The first-order chi connectivity index (χ1) is 13.8. The van der Waals surface area contributed by atoms with Gasteiger partial charge in [-0.2, -0.15) is 13.2 Å². The maximum atomic E-state index is 12.9. The molecule has 0 aromatic heterocycles. The molecule has 1 saturated carbocycles. The van der Waals surface area contributed by atoms with Crippen LogP contribution in [-0.2, 0) is 30.4 Å². The number of halogens is 5. The SMILES string of the molecule is CP(=S)(OCC(F)(F)F)OC1=C(c2cc(Cl)ccc2Cl)C(=O)NC12CCC(=O)CC2. The number of amides is 1. The van der Waals surface area contributed by atoms with Gasteiger partial charge in [-0.05, 0) is 42.8 Å². The van der Waals surface area contributed by atoms with Crippen LogP contribution in [0.4, 0.5) is 13.2 Å². The molecule has 1 aliphatic heterocycles. The van der Waals surface area contributed by atoms with Crippen LogP contribution in [0.25, 0.3) is 5.57 Å². The van der Waals surface area contributed by atoms with Crippen LogP contribution in [0.2, 0.25) is 10.0 Å². The second kappa shape index (κ2) is 8.43. The molecule has 1 aromatic carbocycles. The van der Waals surface area contributed by atoms with Crippen molar-refractivity contribution in [3.8, 4) is 0 Å². The molecule has 2 aliphatic rings. The molecule has 1 heterocycles. The molecule has 1 unspecified atom stereocenters. The molecule has 1 amide bonds. The summed E-state index contributed by atoms with van der Waals surface area (Å²) < 4.78 is 48.6. The molecule has 1 aromatic rings. The first kappa shape index (κ1) is 23.5. The van der Waals surface area contributed by atoms with Gasteiger partial charge < -0.3 is 14.4 Å². The first-order valence-electron chi connectivity index (χ1n) is 8.85. The van der Waals surface area contributed by atoms with Crippen molar-refractivity contribution in [3.63, 3.8) is 0 Å². The fraction of sp³-hybridized carbons (Fsp3) is 0.444. The number of ketones is 1. The lowest BCUT2D eigenvalue weighted by atomic mass is 9.80. The highest BCUT2D eigenvalue weighted by Crippen LogP contribution is 2.54. The van der Waals surface area contributed by atoms with Gasteiger partial charge in [0.1, 0.15) is 11.5 Å². The summed E-state index contributed by atoms with van der Waals surface area (Å²) in [6.07, 6.45) is -3.78. The fourth-order valence-electron chi connectivity index (χ4n) is 3.44. The maximum absolute atomic E-state index is 12.9. The minimum atomic E-state index is -4.59. The predicted molar refractivity (Wildman–Crippen MR) is 111 cm³/mol. The number of rotatable bonds is 5. The third-order valence-electron chi connectivity index (χ3n) is 4.82. The van der Waals surface area contributed by atoms with Gasteiger partial charge in [0.05, 0.1) is 11.1 Å². The zero-order valence-corrected chi connectivity index (χ0v) is 18.9. The van der Waals surface area contributed by atoms with Crippen LogP contribution in [0.15, 0.2) is 24.0 Å². The first-order valence-corrected chi connectivity index (χ1v) is 12.7. The highest BCUT2D eigenvalue weighted by atomic mass is 35.5. The number of carbonyl (C=O) groups is 2. The van der Waals surface area contributed by atoms with E-state index in [9.17, 15) is 22.8 Å². The molecule has 1 fully saturated rings. The Morgan fingerprint density at radius 1 is 1.23 bits per heavy atom. The number of nitrogens with one attached hydrogen (secondary N) is 1. The Hall–Kier alpha value is -1.12. The summed E-state index contributed by atoms with van der Waals surface area (Å²) in [5.74, 6) is -0.459. The Morgan fingerprint density at radius 2 is 1.87 bits per heavy atom. The van der Waals surface area contributed by atoms with Crippen LogP contribution in [0.3, 0.4) is 0 Å². The van der Waals surface area contributed by atoms with Gasteiger partial charge in [0.2, 0.25) is 6.49 Å². The van der Waals surface area contributed by atoms with Crippen molar-refractivity contribution >= 4 is 58.8 Å². The molecule has 1 N–H and O–H groups in total. The van der Waals surface area contributed by atoms with E-state index in [1.165, 1.54) is 24.9 Å². The average Bonchev–Trinajstić information content (AvgIpc) is 2.88. The molecule has 164 valence electrons. The minimum Gasteiger partial charge on any atom is -0.445 e. The third kappa shape index (κ3) is 5.19. The van der Waals surface area contributed by atoms with Crippen molar-refractivity contribution in [2.24, 2.45) is 0 Å². The molecular formula is C18H17Cl2F3NO4PS. The summed E-state index contributed by atoms with van der Waals surface area (Å²) in [7, 11) is 0. The van der Waals surface area contributed by atoms with Crippen molar-refractivity contribution in [3.05, 3.63) is 39.6 Å². The summed E-state index contributed by atoms with van der Waals surface area (Å²) in [6.45, 7) is -3.78. The average molecular weight is 502 g/mol. The summed E-state index contributed by atoms with van der Waals surface area (Å²) in [4.78, 5) is 24.7. The van der Waals surface area contributed by atoms with Crippen LogP contribution in [0.1, 0.15) is 31.2 Å². The monoisotopic (exact) mass is 501 g/mol. The van der Waals surface area contributed by atoms with Gasteiger partial charge in [-0.15, -0.1) is 0 Å². The van der Waals surface area contributed by atoms with Crippen LogP contribution in [-0.4, -0.2) is 36.7 Å². The van der Waals surface area contributed by atoms with Gasteiger partial charge >= 0.3 is 6.18 Å². The normalized spacial score (nSPS) is 21.0. The largest absolute Gasteiger partial charge is 0.445 e. The van der Waals surface area contributed by atoms with Gasteiger partial charge in [-0.3, -0.25) is 9.59 Å². The number of hydrogen-bond donors (Lipinski definition) is 1. The predicted octanol–water partition coefficient (Wildman–Crippen LogP) is 5.25. The van der Waals surface area contributed by atoms with E-state index in [1.807, 2.05) is 0 Å². The van der Waals surface area contributed by atoms with Crippen LogP contribution in [0.5, 0.6) is 0 Å². The van der Waals surface area contributed by atoms with E-state index in [4.69, 9.17) is 44.1 Å². The quantitative estimate of drug-likeness (QED) is 0.558. The molecule has 3 rings (SSSR count). The third-order valence-corrected chi connectivity index (χ3v) is 7.04. The van der Waals surface area contributed by atoms with Crippen molar-refractivity contribution < 1.29 is 31.8 Å². The molecule has 1 aliphatic carbocycles. The highest BCUT2D eigenvalue weighted by molar-refractivity contribution is 8.09. The highest BCUT2D eigenvalue weighted by Gasteiger charge is 2.50. The summed E-state index contributed by atoms with van der Waals surface area (Å²) >= 11 is 17.5. The number of carbonyl (C=O) groups excluding carboxylic acids is 2. The molecule has 0 saturated heterocycles. The standard InChI is InChI=1S/C18H17Cl2F3NO4PS/c1-29(30,27-9-18(21,22)23)28-15-14(12-8-10(19)2-3-13(12)20)16(26)24-17(15)6-4-11(25)5-7-17/h2-3,8H,4-7,9H2,1H3,(H,24,26). The number of alkyl halides is 3. The topological polar surface area (TPSA) is 64.6 Å². The lowest BCUT2D eigenvalue weighted by Crippen LogP contribution is -2.47. The van der Waals surface area contributed by atoms with E-state index in [0.29, 0.717) is 5.02 Å². The van der Waals surface area contributed by atoms with Gasteiger partial charge in [-0.25, -0.2) is 0 Å². The summed E-state index contributed by atoms with van der Waals surface area (Å²) in [5, 5.41) is 3.34. The van der Waals surface area contributed by atoms with Crippen LogP contribution >= 0.6 is 29.7 Å². The zero-order chi connectivity index (χ0) is 22.3. The zero-order valence-electron chi connectivity index (χ0n) is 15.6. The van der Waals surface area contributed by atoms with Crippen LogP contribution in [0, 0.1) is 0 Å². The minimum absolute atomic E-state index is 0.0210.